The first kappa shape index (κ1) is 12.5. The SMILES string of the molecule is O=C1NNC(Nc2ccc(Cl)cc2)=Nc2ccccc21. The van der Waals surface area contributed by atoms with Gasteiger partial charge in [0, 0.05) is 10.7 Å². The van der Waals surface area contributed by atoms with Crippen LogP contribution < -0.4 is 16.2 Å². The van der Waals surface area contributed by atoms with Crippen LogP contribution in [0.25, 0.3) is 0 Å². The number of guanidine groups is 1. The van der Waals surface area contributed by atoms with Gasteiger partial charge in [-0.15, -0.1) is 0 Å². The Kier molecular flexibility index (Phi) is 3.26. The molecule has 0 unspecified atom stereocenters. The number of fused-ring (bicyclic) bond motifs is 1. The third-order valence-electron chi connectivity index (χ3n) is 2.78. The van der Waals surface area contributed by atoms with Gasteiger partial charge in [0.15, 0.2) is 0 Å². The van der Waals surface area contributed by atoms with Crippen molar-refractivity contribution in [3.8, 4) is 0 Å². The van der Waals surface area contributed by atoms with E-state index in [2.05, 4.69) is 21.2 Å². The van der Waals surface area contributed by atoms with Gasteiger partial charge in [-0.2, -0.15) is 0 Å². The third-order valence-corrected chi connectivity index (χ3v) is 3.03. The van der Waals surface area contributed by atoms with Crippen molar-refractivity contribution in [3.63, 3.8) is 0 Å². The van der Waals surface area contributed by atoms with Gasteiger partial charge in [-0.3, -0.25) is 15.6 Å². The second-order valence-corrected chi connectivity index (χ2v) is 4.63. The minimum atomic E-state index is -0.225. The molecule has 2 aromatic carbocycles. The Balaban J connectivity index is 1.89. The number of para-hydroxylation sites is 1. The summed E-state index contributed by atoms with van der Waals surface area (Å²) in [4.78, 5) is 16.2. The Hall–Kier alpha value is -2.53. The topological polar surface area (TPSA) is 65.5 Å². The molecule has 0 bridgehead atoms. The number of hydrogen-bond acceptors (Lipinski definition) is 4. The molecule has 2 aromatic rings. The molecule has 5 nitrogen and oxygen atoms in total. The van der Waals surface area contributed by atoms with Crippen LogP contribution >= 0.6 is 11.6 Å². The fraction of sp³-hybridized carbons (Fsp3) is 0. The lowest BCUT2D eigenvalue weighted by atomic mass is 10.2. The Bertz CT molecular complexity index is 682. The van der Waals surface area contributed by atoms with Crippen molar-refractivity contribution in [1.82, 2.24) is 10.9 Å². The quantitative estimate of drug-likeness (QED) is 0.755. The molecular weight excluding hydrogens is 276 g/mol. The number of nitrogens with one attached hydrogen (secondary N) is 3. The summed E-state index contributed by atoms with van der Waals surface area (Å²) < 4.78 is 0. The molecule has 0 saturated carbocycles. The van der Waals surface area contributed by atoms with Crippen molar-refractivity contribution >= 4 is 34.8 Å². The number of benzene rings is 2. The lowest BCUT2D eigenvalue weighted by molar-refractivity contribution is 0.0946. The zero-order valence-corrected chi connectivity index (χ0v) is 11.1. The Labute approximate surface area is 120 Å². The van der Waals surface area contributed by atoms with E-state index in [9.17, 15) is 4.79 Å². The monoisotopic (exact) mass is 286 g/mol. The standard InChI is InChI=1S/C14H11ClN4O/c15-9-5-7-10(8-6-9)16-14-17-12-4-2-1-3-11(12)13(20)18-19-14/h1-8H,(H,18,20)(H2,16,17,19). The van der Waals surface area contributed by atoms with E-state index in [-0.39, 0.29) is 5.91 Å². The van der Waals surface area contributed by atoms with Gasteiger partial charge in [-0.05, 0) is 36.4 Å². The molecule has 0 aromatic heterocycles. The molecule has 3 N–H and O–H groups in total. The van der Waals surface area contributed by atoms with Crippen LogP contribution in [-0.2, 0) is 0 Å². The van der Waals surface area contributed by atoms with Crippen LogP contribution in [0.4, 0.5) is 11.4 Å². The molecule has 1 aliphatic heterocycles. The number of halogens is 1. The normalized spacial score (nSPS) is 13.4. The highest BCUT2D eigenvalue weighted by molar-refractivity contribution is 6.30. The highest BCUT2D eigenvalue weighted by Gasteiger charge is 2.15. The van der Waals surface area contributed by atoms with Crippen molar-refractivity contribution < 1.29 is 4.79 Å². The van der Waals surface area contributed by atoms with Crippen LogP contribution in [-0.4, -0.2) is 11.9 Å². The number of aliphatic imine (C=N–C) groups is 1. The maximum absolute atomic E-state index is 11.9. The van der Waals surface area contributed by atoms with Crippen molar-refractivity contribution in [1.29, 1.82) is 0 Å². The fourth-order valence-corrected chi connectivity index (χ4v) is 1.95. The van der Waals surface area contributed by atoms with E-state index in [4.69, 9.17) is 11.6 Å². The summed E-state index contributed by atoms with van der Waals surface area (Å²) >= 11 is 5.84. The Morgan fingerprint density at radius 3 is 2.55 bits per heavy atom. The largest absolute Gasteiger partial charge is 0.325 e. The minimum absolute atomic E-state index is 0.225. The molecule has 0 fully saturated rings. The maximum Gasteiger partial charge on any atom is 0.271 e. The van der Waals surface area contributed by atoms with Crippen LogP contribution in [0.2, 0.25) is 5.02 Å². The first-order chi connectivity index (χ1) is 9.72. The summed E-state index contributed by atoms with van der Waals surface area (Å²) in [5, 5.41) is 3.73. The first-order valence-electron chi connectivity index (χ1n) is 5.99. The van der Waals surface area contributed by atoms with Crippen molar-refractivity contribution in [3.05, 3.63) is 59.1 Å². The number of nitrogens with zero attached hydrogens (tertiary/aromatic N) is 1. The van der Waals surface area contributed by atoms with E-state index in [1.54, 1.807) is 30.3 Å². The summed E-state index contributed by atoms with van der Waals surface area (Å²) in [6.07, 6.45) is 0. The molecule has 3 rings (SSSR count). The predicted molar refractivity (Wildman–Crippen MR) is 79.2 cm³/mol. The second kappa shape index (κ2) is 5.22. The average molecular weight is 287 g/mol. The molecule has 0 saturated heterocycles. The van der Waals surface area contributed by atoms with Gasteiger partial charge in [-0.25, -0.2) is 4.99 Å². The van der Waals surface area contributed by atoms with E-state index >= 15 is 0 Å². The summed E-state index contributed by atoms with van der Waals surface area (Å²) in [7, 11) is 0. The van der Waals surface area contributed by atoms with Crippen molar-refractivity contribution in [2.75, 3.05) is 5.32 Å². The first-order valence-corrected chi connectivity index (χ1v) is 6.37. The molecule has 6 heteroatoms. The maximum atomic E-state index is 11.9. The van der Waals surface area contributed by atoms with Gasteiger partial charge in [0.25, 0.3) is 5.91 Å². The summed E-state index contributed by atoms with van der Waals surface area (Å²) in [5.41, 5.74) is 7.26. The van der Waals surface area contributed by atoms with E-state index in [1.807, 2.05) is 18.2 Å². The predicted octanol–water partition coefficient (Wildman–Crippen LogP) is 2.69. The van der Waals surface area contributed by atoms with E-state index in [0.717, 1.165) is 5.69 Å². The van der Waals surface area contributed by atoms with Gasteiger partial charge >= 0.3 is 0 Å². The molecule has 1 aliphatic rings. The lowest BCUT2D eigenvalue weighted by Crippen LogP contribution is -2.43. The molecule has 0 radical (unpaired) electrons. The van der Waals surface area contributed by atoms with Crippen LogP contribution in [0, 0.1) is 0 Å². The molecule has 1 amide bonds. The highest BCUT2D eigenvalue weighted by Crippen LogP contribution is 2.20. The van der Waals surface area contributed by atoms with Crippen LogP contribution in [0.1, 0.15) is 10.4 Å². The van der Waals surface area contributed by atoms with Gasteiger partial charge in [-0.1, -0.05) is 23.7 Å². The fourth-order valence-electron chi connectivity index (χ4n) is 1.82. The molecule has 20 heavy (non-hydrogen) atoms. The van der Waals surface area contributed by atoms with Crippen LogP contribution in [0.3, 0.4) is 0 Å². The zero-order valence-electron chi connectivity index (χ0n) is 10.4. The zero-order chi connectivity index (χ0) is 13.9. The summed E-state index contributed by atoms with van der Waals surface area (Å²) in [5.74, 6) is 0.211. The van der Waals surface area contributed by atoms with E-state index < -0.39 is 0 Å². The number of hydrogen-bond donors (Lipinski definition) is 3. The number of carbonyl (C=O) groups excluding carboxylic acids is 1. The number of hydrazine groups is 1. The van der Waals surface area contributed by atoms with Crippen molar-refractivity contribution in [2.45, 2.75) is 0 Å². The number of anilines is 1. The molecule has 0 atom stereocenters. The van der Waals surface area contributed by atoms with Gasteiger partial charge in [0.05, 0.1) is 11.3 Å². The highest BCUT2D eigenvalue weighted by atomic mass is 35.5. The van der Waals surface area contributed by atoms with E-state index in [1.165, 1.54) is 0 Å². The Morgan fingerprint density at radius 2 is 1.75 bits per heavy atom. The molecule has 100 valence electrons. The number of amides is 1. The van der Waals surface area contributed by atoms with Crippen molar-refractivity contribution in [2.24, 2.45) is 4.99 Å². The van der Waals surface area contributed by atoms with Crippen LogP contribution in [0.5, 0.6) is 0 Å². The lowest BCUT2D eigenvalue weighted by Gasteiger charge is -2.10. The Morgan fingerprint density at radius 1 is 1.00 bits per heavy atom. The smallest absolute Gasteiger partial charge is 0.271 e. The summed E-state index contributed by atoms with van der Waals surface area (Å²) in [6.45, 7) is 0. The molecule has 0 aliphatic carbocycles. The minimum Gasteiger partial charge on any atom is -0.325 e. The summed E-state index contributed by atoms with van der Waals surface area (Å²) in [6, 6.07) is 14.3. The number of carbonyl (C=O) groups is 1. The molecule has 1 heterocycles. The number of rotatable bonds is 1. The second-order valence-electron chi connectivity index (χ2n) is 4.19. The molecular formula is C14H11ClN4O. The third kappa shape index (κ3) is 2.57. The van der Waals surface area contributed by atoms with E-state index in [0.29, 0.717) is 22.2 Å². The molecule has 0 spiro atoms. The van der Waals surface area contributed by atoms with Gasteiger partial charge in [0.2, 0.25) is 5.96 Å². The van der Waals surface area contributed by atoms with Gasteiger partial charge in [0.1, 0.15) is 0 Å². The average Bonchev–Trinajstić information content (AvgIpc) is 2.62. The van der Waals surface area contributed by atoms with Gasteiger partial charge < -0.3 is 5.32 Å². The van der Waals surface area contributed by atoms with Crippen LogP contribution in [0.15, 0.2) is 53.5 Å².